The van der Waals surface area contributed by atoms with Gasteiger partial charge in [0.25, 0.3) is 0 Å². The highest BCUT2D eigenvalue weighted by atomic mass is 16.5. The molecule has 4 heteroatoms. The third-order valence-electron chi connectivity index (χ3n) is 4.23. The zero-order valence-corrected chi connectivity index (χ0v) is 14.8. The lowest BCUT2D eigenvalue weighted by molar-refractivity contribution is -0.112. The van der Waals surface area contributed by atoms with E-state index in [1.807, 2.05) is 73.1 Å². The molecule has 2 heterocycles. The zero-order valence-electron chi connectivity index (χ0n) is 14.8. The van der Waals surface area contributed by atoms with Crippen molar-refractivity contribution >= 4 is 22.9 Å². The number of allylic oxidation sites excluding steroid dienone is 1. The van der Waals surface area contributed by atoms with E-state index in [2.05, 4.69) is 16.0 Å². The summed E-state index contributed by atoms with van der Waals surface area (Å²) in [6, 6.07) is 19.7. The number of aromatic nitrogens is 2. The van der Waals surface area contributed by atoms with Crippen LogP contribution in [0.3, 0.4) is 0 Å². The Balaban J connectivity index is 1.62. The highest BCUT2D eigenvalue weighted by molar-refractivity contribution is 5.96. The van der Waals surface area contributed by atoms with Crippen molar-refractivity contribution < 1.29 is 9.53 Å². The number of fused-ring (bicyclic) bond motifs is 1. The number of ketones is 1. The van der Waals surface area contributed by atoms with E-state index in [1.54, 1.807) is 6.08 Å². The average molecular weight is 354 g/mol. The van der Waals surface area contributed by atoms with Gasteiger partial charge in [-0.2, -0.15) is 0 Å². The van der Waals surface area contributed by atoms with Gasteiger partial charge in [-0.05, 0) is 55.0 Å². The summed E-state index contributed by atoms with van der Waals surface area (Å²) < 4.78 is 5.84. The molecule has 0 saturated heterocycles. The van der Waals surface area contributed by atoms with Gasteiger partial charge in [0, 0.05) is 28.9 Å². The molecule has 0 aliphatic rings. The number of H-pyrrole nitrogens is 1. The summed E-state index contributed by atoms with van der Waals surface area (Å²) in [5.74, 6) is 1.61. The molecule has 0 atom stereocenters. The van der Waals surface area contributed by atoms with Gasteiger partial charge >= 0.3 is 0 Å². The Bertz CT molecular complexity index is 1110. The molecular weight excluding hydrogens is 336 g/mol. The largest absolute Gasteiger partial charge is 0.457 e. The summed E-state index contributed by atoms with van der Waals surface area (Å²) in [5, 5.41) is 0.981. The van der Waals surface area contributed by atoms with Crippen LogP contribution < -0.4 is 4.74 Å². The molecule has 0 spiro atoms. The fourth-order valence-corrected chi connectivity index (χ4v) is 2.87. The van der Waals surface area contributed by atoms with E-state index in [1.165, 1.54) is 6.92 Å². The van der Waals surface area contributed by atoms with E-state index in [0.717, 1.165) is 39.2 Å². The maximum atomic E-state index is 11.2. The normalized spacial score (nSPS) is 11.1. The predicted molar refractivity (Wildman–Crippen MR) is 108 cm³/mol. The first-order valence-electron chi connectivity index (χ1n) is 8.68. The maximum absolute atomic E-state index is 11.2. The predicted octanol–water partition coefficient (Wildman–Crippen LogP) is 5.62. The van der Waals surface area contributed by atoms with E-state index >= 15 is 0 Å². The smallest absolute Gasteiger partial charge is 0.152 e. The van der Waals surface area contributed by atoms with Crippen LogP contribution in [-0.2, 0) is 4.79 Å². The quantitative estimate of drug-likeness (QED) is 0.473. The monoisotopic (exact) mass is 354 g/mol. The molecule has 4 rings (SSSR count). The van der Waals surface area contributed by atoms with Crippen LogP contribution in [0, 0.1) is 0 Å². The Morgan fingerprint density at radius 1 is 1.00 bits per heavy atom. The first-order valence-corrected chi connectivity index (χ1v) is 8.68. The standard InChI is InChI=1S/C23H18N2O2/c1-16(26)7-8-18-14-24-23-22(18)13-19(15-25-23)17-9-11-21(12-10-17)27-20-5-3-2-4-6-20/h2-15H,1H3,(H,24,25)/b8-7+. The van der Waals surface area contributed by atoms with E-state index in [-0.39, 0.29) is 5.78 Å². The van der Waals surface area contributed by atoms with Gasteiger partial charge in [0.2, 0.25) is 0 Å². The topological polar surface area (TPSA) is 55.0 Å². The summed E-state index contributed by atoms with van der Waals surface area (Å²) in [6.07, 6.45) is 7.07. The number of nitrogens with one attached hydrogen (secondary N) is 1. The first-order chi connectivity index (χ1) is 13.2. The summed E-state index contributed by atoms with van der Waals surface area (Å²) in [4.78, 5) is 18.8. The zero-order chi connectivity index (χ0) is 18.6. The molecule has 0 aliphatic heterocycles. The second-order valence-electron chi connectivity index (χ2n) is 6.25. The van der Waals surface area contributed by atoms with Crippen LogP contribution in [0.2, 0.25) is 0 Å². The Morgan fingerprint density at radius 3 is 2.48 bits per heavy atom. The van der Waals surface area contributed by atoms with E-state index in [0.29, 0.717) is 0 Å². The van der Waals surface area contributed by atoms with Crippen LogP contribution in [0.15, 0.2) is 79.1 Å². The number of carbonyl (C=O) groups is 1. The number of ether oxygens (including phenoxy) is 1. The Labute approximate surface area is 157 Å². The van der Waals surface area contributed by atoms with Crippen LogP contribution >= 0.6 is 0 Å². The minimum Gasteiger partial charge on any atom is -0.457 e. The highest BCUT2D eigenvalue weighted by Gasteiger charge is 2.06. The summed E-state index contributed by atoms with van der Waals surface area (Å²) in [5.41, 5.74) is 3.79. The Hall–Kier alpha value is -3.66. The maximum Gasteiger partial charge on any atom is 0.152 e. The summed E-state index contributed by atoms with van der Waals surface area (Å²) in [7, 11) is 0. The lowest BCUT2D eigenvalue weighted by atomic mass is 10.1. The third-order valence-corrected chi connectivity index (χ3v) is 4.23. The van der Waals surface area contributed by atoms with Crippen molar-refractivity contribution in [2.45, 2.75) is 6.92 Å². The number of para-hydroxylation sites is 1. The fraction of sp³-hybridized carbons (Fsp3) is 0.0435. The molecule has 4 aromatic rings. The van der Waals surface area contributed by atoms with Crippen molar-refractivity contribution in [1.82, 2.24) is 9.97 Å². The molecule has 0 saturated carbocycles. The molecule has 2 aromatic heterocycles. The van der Waals surface area contributed by atoms with Crippen LogP contribution in [0.1, 0.15) is 12.5 Å². The van der Waals surface area contributed by atoms with Crippen LogP contribution in [0.25, 0.3) is 28.2 Å². The SMILES string of the molecule is CC(=O)/C=C/c1c[nH]c2ncc(-c3ccc(Oc4ccccc4)cc3)cc12. The fourth-order valence-electron chi connectivity index (χ4n) is 2.87. The molecule has 2 aromatic carbocycles. The van der Waals surface area contributed by atoms with E-state index < -0.39 is 0 Å². The average Bonchev–Trinajstić information content (AvgIpc) is 3.10. The minimum atomic E-state index is 0.0162. The molecule has 0 unspecified atom stereocenters. The van der Waals surface area contributed by atoms with Gasteiger partial charge in [-0.1, -0.05) is 30.3 Å². The van der Waals surface area contributed by atoms with Gasteiger partial charge in [0.05, 0.1) is 0 Å². The van der Waals surface area contributed by atoms with Crippen molar-refractivity contribution in [2.24, 2.45) is 0 Å². The van der Waals surface area contributed by atoms with Gasteiger partial charge in [0.1, 0.15) is 17.1 Å². The van der Waals surface area contributed by atoms with Crippen molar-refractivity contribution in [3.8, 4) is 22.6 Å². The molecule has 1 N–H and O–H groups in total. The number of carbonyl (C=O) groups excluding carboxylic acids is 1. The number of hydrogen-bond acceptors (Lipinski definition) is 3. The molecular formula is C23H18N2O2. The van der Waals surface area contributed by atoms with Gasteiger partial charge in [-0.25, -0.2) is 4.98 Å². The number of benzene rings is 2. The van der Waals surface area contributed by atoms with E-state index in [9.17, 15) is 4.79 Å². The summed E-state index contributed by atoms with van der Waals surface area (Å²) in [6.45, 7) is 1.54. The van der Waals surface area contributed by atoms with Gasteiger partial charge in [-0.3, -0.25) is 4.79 Å². The van der Waals surface area contributed by atoms with Crippen LogP contribution in [0.5, 0.6) is 11.5 Å². The van der Waals surface area contributed by atoms with E-state index in [4.69, 9.17) is 4.74 Å². The number of nitrogens with zero attached hydrogens (tertiary/aromatic N) is 1. The Kier molecular flexibility index (Phi) is 4.54. The Morgan fingerprint density at radius 2 is 1.74 bits per heavy atom. The number of pyridine rings is 1. The second kappa shape index (κ2) is 7.30. The molecule has 0 aliphatic carbocycles. The third kappa shape index (κ3) is 3.80. The molecule has 132 valence electrons. The highest BCUT2D eigenvalue weighted by Crippen LogP contribution is 2.28. The second-order valence-corrected chi connectivity index (χ2v) is 6.25. The van der Waals surface area contributed by atoms with Crippen molar-refractivity contribution in [2.75, 3.05) is 0 Å². The minimum absolute atomic E-state index is 0.0162. The van der Waals surface area contributed by atoms with Gasteiger partial charge < -0.3 is 9.72 Å². The van der Waals surface area contributed by atoms with Crippen LogP contribution in [-0.4, -0.2) is 15.8 Å². The van der Waals surface area contributed by atoms with Crippen molar-refractivity contribution in [1.29, 1.82) is 0 Å². The molecule has 27 heavy (non-hydrogen) atoms. The lowest BCUT2D eigenvalue weighted by Gasteiger charge is -2.07. The van der Waals surface area contributed by atoms with Crippen molar-refractivity contribution in [3.63, 3.8) is 0 Å². The molecule has 0 bridgehead atoms. The summed E-state index contributed by atoms with van der Waals surface area (Å²) >= 11 is 0. The van der Waals surface area contributed by atoms with Crippen molar-refractivity contribution in [3.05, 3.63) is 84.7 Å². The molecule has 0 radical (unpaired) electrons. The van der Waals surface area contributed by atoms with Gasteiger partial charge in [0.15, 0.2) is 5.78 Å². The first kappa shape index (κ1) is 16.8. The molecule has 0 fully saturated rings. The molecule has 0 amide bonds. The number of hydrogen-bond donors (Lipinski definition) is 1. The lowest BCUT2D eigenvalue weighted by Crippen LogP contribution is -1.85. The number of rotatable bonds is 5. The number of aromatic amines is 1. The van der Waals surface area contributed by atoms with Gasteiger partial charge in [-0.15, -0.1) is 0 Å². The van der Waals surface area contributed by atoms with Crippen LogP contribution in [0.4, 0.5) is 0 Å². The molecule has 4 nitrogen and oxygen atoms in total.